The predicted octanol–water partition coefficient (Wildman–Crippen LogP) is 4.87. The number of aryl methyl sites for hydroxylation is 1. The average Bonchev–Trinajstić information content (AvgIpc) is 2.53. The molecule has 7 heteroatoms. The molecule has 0 saturated carbocycles. The first-order chi connectivity index (χ1) is 11.3. The van der Waals surface area contributed by atoms with E-state index in [0.717, 1.165) is 11.6 Å². The van der Waals surface area contributed by atoms with E-state index >= 15 is 0 Å². The van der Waals surface area contributed by atoms with Gasteiger partial charge in [-0.3, -0.25) is 4.79 Å². The van der Waals surface area contributed by atoms with Crippen molar-refractivity contribution in [3.8, 4) is 0 Å². The van der Waals surface area contributed by atoms with E-state index in [2.05, 4.69) is 10.6 Å². The smallest absolute Gasteiger partial charge is 0.238 e. The molecule has 0 spiro atoms. The van der Waals surface area contributed by atoms with Gasteiger partial charge >= 0.3 is 0 Å². The van der Waals surface area contributed by atoms with Crippen molar-refractivity contribution in [1.29, 1.82) is 0 Å². The van der Waals surface area contributed by atoms with Crippen molar-refractivity contribution in [1.82, 2.24) is 5.32 Å². The lowest BCUT2D eigenvalue weighted by atomic mass is 10.1. The van der Waals surface area contributed by atoms with Gasteiger partial charge in [0.15, 0.2) is 0 Å². The number of rotatable bonds is 5. The second kappa shape index (κ2) is 7.92. The van der Waals surface area contributed by atoms with Gasteiger partial charge in [-0.2, -0.15) is 0 Å². The van der Waals surface area contributed by atoms with Gasteiger partial charge in [0.2, 0.25) is 5.91 Å². The van der Waals surface area contributed by atoms with Crippen LogP contribution in [0.1, 0.15) is 24.1 Å². The molecule has 2 N–H and O–H groups in total. The van der Waals surface area contributed by atoms with Crippen LogP contribution in [0.2, 0.25) is 10.0 Å². The molecule has 1 atom stereocenters. The Hall–Kier alpha value is -1.69. The summed E-state index contributed by atoms with van der Waals surface area (Å²) in [6, 6.07) is 6.23. The monoisotopic (exact) mass is 372 g/mol. The van der Waals surface area contributed by atoms with Crippen LogP contribution in [0.5, 0.6) is 0 Å². The molecule has 2 aromatic rings. The van der Waals surface area contributed by atoms with Crippen LogP contribution in [-0.2, 0) is 4.79 Å². The molecule has 0 fully saturated rings. The third-order valence-electron chi connectivity index (χ3n) is 3.55. The van der Waals surface area contributed by atoms with Gasteiger partial charge in [-0.15, -0.1) is 0 Å². The van der Waals surface area contributed by atoms with E-state index in [1.54, 1.807) is 26.0 Å². The van der Waals surface area contributed by atoms with Crippen molar-refractivity contribution in [3.63, 3.8) is 0 Å². The van der Waals surface area contributed by atoms with E-state index in [9.17, 15) is 13.6 Å². The van der Waals surface area contributed by atoms with E-state index in [1.165, 1.54) is 12.1 Å². The quantitative estimate of drug-likeness (QED) is 0.785. The number of hydrogen-bond donors (Lipinski definition) is 2. The molecule has 0 heterocycles. The fourth-order valence-electron chi connectivity index (χ4n) is 2.16. The average molecular weight is 373 g/mol. The van der Waals surface area contributed by atoms with Gasteiger partial charge in [-0.05, 0) is 31.5 Å². The minimum atomic E-state index is -0.666. The van der Waals surface area contributed by atoms with Crippen molar-refractivity contribution in [2.75, 3.05) is 11.9 Å². The molecule has 0 radical (unpaired) electrons. The first kappa shape index (κ1) is 18.6. The highest BCUT2D eigenvalue weighted by Crippen LogP contribution is 2.32. The van der Waals surface area contributed by atoms with E-state index in [-0.39, 0.29) is 18.0 Å². The zero-order valence-corrected chi connectivity index (χ0v) is 14.6. The van der Waals surface area contributed by atoms with Crippen molar-refractivity contribution in [3.05, 3.63) is 63.1 Å². The van der Waals surface area contributed by atoms with E-state index < -0.39 is 17.7 Å². The highest BCUT2D eigenvalue weighted by molar-refractivity contribution is 6.40. The standard InChI is InChI=1S/C17H16Cl2F2N2O/c1-9-3-6-13(18)17(16(9)19)23-15(24)8-22-10(2)12-5-4-11(20)7-14(12)21/h3-7,10,22H,8H2,1-2H3,(H,23,24)/t10-/m0/s1. The number of nitrogens with one attached hydrogen (secondary N) is 2. The molecular formula is C17H16Cl2F2N2O. The maximum absolute atomic E-state index is 13.7. The molecule has 0 aliphatic rings. The van der Waals surface area contributed by atoms with E-state index in [1.807, 2.05) is 0 Å². The van der Waals surface area contributed by atoms with Gasteiger partial charge < -0.3 is 10.6 Å². The molecule has 128 valence electrons. The summed E-state index contributed by atoms with van der Waals surface area (Å²) in [5, 5.41) is 6.20. The van der Waals surface area contributed by atoms with E-state index in [0.29, 0.717) is 15.7 Å². The summed E-state index contributed by atoms with van der Waals surface area (Å²) in [5.74, 6) is -1.69. The lowest BCUT2D eigenvalue weighted by molar-refractivity contribution is -0.115. The SMILES string of the molecule is Cc1ccc(Cl)c(NC(=O)CN[C@@H](C)c2ccc(F)cc2F)c1Cl. The van der Waals surface area contributed by atoms with Gasteiger partial charge in [0, 0.05) is 17.7 Å². The molecule has 0 unspecified atom stereocenters. The van der Waals surface area contributed by atoms with Gasteiger partial charge in [0.05, 0.1) is 22.3 Å². The van der Waals surface area contributed by atoms with Crippen molar-refractivity contribution < 1.29 is 13.6 Å². The number of amides is 1. The Bertz CT molecular complexity index is 768. The Labute approximate surface area is 149 Å². The Balaban J connectivity index is 2.00. The molecule has 3 nitrogen and oxygen atoms in total. The molecule has 0 saturated heterocycles. The van der Waals surface area contributed by atoms with Crippen molar-refractivity contribution >= 4 is 34.8 Å². The van der Waals surface area contributed by atoms with Gasteiger partial charge in [0.25, 0.3) is 0 Å². The van der Waals surface area contributed by atoms with Gasteiger partial charge in [-0.1, -0.05) is 35.3 Å². The van der Waals surface area contributed by atoms with Crippen LogP contribution >= 0.6 is 23.2 Å². The molecule has 0 aromatic heterocycles. The van der Waals surface area contributed by atoms with Crippen LogP contribution in [0.15, 0.2) is 30.3 Å². The Morgan fingerprint density at radius 2 is 1.92 bits per heavy atom. The van der Waals surface area contributed by atoms with Crippen molar-refractivity contribution in [2.45, 2.75) is 19.9 Å². The lowest BCUT2D eigenvalue weighted by Gasteiger charge is -2.16. The largest absolute Gasteiger partial charge is 0.322 e. The number of halogens is 4. The van der Waals surface area contributed by atoms with Crippen LogP contribution in [-0.4, -0.2) is 12.5 Å². The second-order valence-electron chi connectivity index (χ2n) is 5.37. The summed E-state index contributed by atoms with van der Waals surface area (Å²) in [4.78, 5) is 12.1. The first-order valence-electron chi connectivity index (χ1n) is 7.22. The van der Waals surface area contributed by atoms with Crippen LogP contribution in [0, 0.1) is 18.6 Å². The highest BCUT2D eigenvalue weighted by atomic mass is 35.5. The van der Waals surface area contributed by atoms with E-state index in [4.69, 9.17) is 23.2 Å². The molecule has 0 aliphatic heterocycles. The Kier molecular flexibility index (Phi) is 6.15. The minimum Gasteiger partial charge on any atom is -0.322 e. The summed E-state index contributed by atoms with van der Waals surface area (Å²) in [5.41, 5.74) is 1.40. The molecule has 0 aliphatic carbocycles. The van der Waals surface area contributed by atoms with Gasteiger partial charge in [-0.25, -0.2) is 8.78 Å². The summed E-state index contributed by atoms with van der Waals surface area (Å²) >= 11 is 12.2. The fourth-order valence-corrected chi connectivity index (χ4v) is 2.63. The molecule has 24 heavy (non-hydrogen) atoms. The third-order valence-corrected chi connectivity index (χ3v) is 4.35. The second-order valence-corrected chi connectivity index (χ2v) is 6.16. The van der Waals surface area contributed by atoms with Crippen molar-refractivity contribution in [2.24, 2.45) is 0 Å². The number of carbonyl (C=O) groups is 1. The first-order valence-corrected chi connectivity index (χ1v) is 7.98. The van der Waals surface area contributed by atoms with Crippen LogP contribution in [0.4, 0.5) is 14.5 Å². The summed E-state index contributed by atoms with van der Waals surface area (Å²) in [7, 11) is 0. The predicted molar refractivity (Wildman–Crippen MR) is 92.6 cm³/mol. The van der Waals surface area contributed by atoms with Gasteiger partial charge in [0.1, 0.15) is 11.6 Å². The summed E-state index contributed by atoms with van der Waals surface area (Å²) < 4.78 is 26.6. The molecule has 1 amide bonds. The Morgan fingerprint density at radius 3 is 2.58 bits per heavy atom. The topological polar surface area (TPSA) is 41.1 Å². The number of anilines is 1. The molecule has 2 rings (SSSR count). The number of carbonyl (C=O) groups excluding carboxylic acids is 1. The zero-order chi connectivity index (χ0) is 17.9. The molecular weight excluding hydrogens is 357 g/mol. The zero-order valence-electron chi connectivity index (χ0n) is 13.1. The van der Waals surface area contributed by atoms with Crippen LogP contribution in [0.25, 0.3) is 0 Å². The van der Waals surface area contributed by atoms with Crippen LogP contribution in [0.3, 0.4) is 0 Å². The minimum absolute atomic E-state index is 0.0847. The normalized spacial score (nSPS) is 12.1. The highest BCUT2D eigenvalue weighted by Gasteiger charge is 2.15. The maximum Gasteiger partial charge on any atom is 0.238 e. The third kappa shape index (κ3) is 4.44. The Morgan fingerprint density at radius 1 is 1.21 bits per heavy atom. The summed E-state index contributed by atoms with van der Waals surface area (Å²) in [6.45, 7) is 3.39. The van der Waals surface area contributed by atoms with Crippen LogP contribution < -0.4 is 10.6 Å². The molecule has 2 aromatic carbocycles. The fraction of sp³-hybridized carbons (Fsp3) is 0.235. The molecule has 0 bridgehead atoms. The lowest BCUT2D eigenvalue weighted by Crippen LogP contribution is -2.30. The maximum atomic E-state index is 13.7. The number of benzene rings is 2. The summed E-state index contributed by atoms with van der Waals surface area (Å²) in [6.07, 6.45) is 0. The number of hydrogen-bond acceptors (Lipinski definition) is 2.